The van der Waals surface area contributed by atoms with Gasteiger partial charge in [0.05, 0.1) is 6.61 Å². The average molecular weight is 248 g/mol. The van der Waals surface area contributed by atoms with E-state index in [-0.39, 0.29) is 0 Å². The van der Waals surface area contributed by atoms with Gasteiger partial charge in [-0.05, 0) is 45.2 Å². The lowest BCUT2D eigenvalue weighted by Crippen LogP contribution is -2.22. The molecule has 2 rings (SSSR count). The summed E-state index contributed by atoms with van der Waals surface area (Å²) in [5.74, 6) is 2.00. The molecule has 0 unspecified atom stereocenters. The Balaban J connectivity index is 1.91. The van der Waals surface area contributed by atoms with Crippen LogP contribution in [-0.2, 0) is 4.74 Å². The standard InChI is InChI=1S/C15H24N2O/c1-3-17-14(13-8-5-9-13)10-15(16-2)18-11-12-6-4-7-12/h10,12-13H,2-9,11H2,1H3/b15-10+,17-14+. The van der Waals surface area contributed by atoms with Crippen LogP contribution in [0.25, 0.3) is 0 Å². The van der Waals surface area contributed by atoms with Crippen molar-refractivity contribution in [3.8, 4) is 0 Å². The van der Waals surface area contributed by atoms with Gasteiger partial charge in [0.15, 0.2) is 0 Å². The number of rotatable bonds is 7. The van der Waals surface area contributed by atoms with Crippen molar-refractivity contribution < 1.29 is 4.74 Å². The molecular formula is C15H24N2O. The molecule has 100 valence electrons. The predicted molar refractivity (Wildman–Crippen MR) is 76.2 cm³/mol. The molecule has 3 heteroatoms. The maximum atomic E-state index is 5.74. The molecule has 0 spiro atoms. The van der Waals surface area contributed by atoms with Gasteiger partial charge in [-0.2, -0.15) is 0 Å². The minimum absolute atomic E-state index is 0.619. The van der Waals surface area contributed by atoms with Crippen molar-refractivity contribution in [2.24, 2.45) is 21.8 Å². The summed E-state index contributed by atoms with van der Waals surface area (Å²) in [6.07, 6.45) is 9.76. The third-order valence-corrected chi connectivity index (χ3v) is 3.98. The minimum Gasteiger partial charge on any atom is -0.477 e. The lowest BCUT2D eigenvalue weighted by molar-refractivity contribution is 0.121. The normalized spacial score (nSPS) is 22.3. The molecule has 0 aromatic heterocycles. The summed E-state index contributed by atoms with van der Waals surface area (Å²) in [5.41, 5.74) is 1.15. The number of nitrogens with zero attached hydrogens (tertiary/aromatic N) is 2. The summed E-state index contributed by atoms with van der Waals surface area (Å²) in [5, 5.41) is 0. The van der Waals surface area contributed by atoms with E-state index in [1.165, 1.54) is 38.5 Å². The molecule has 18 heavy (non-hydrogen) atoms. The second-order valence-electron chi connectivity index (χ2n) is 5.28. The van der Waals surface area contributed by atoms with Crippen molar-refractivity contribution in [1.29, 1.82) is 0 Å². The van der Waals surface area contributed by atoms with Crippen LogP contribution in [0.3, 0.4) is 0 Å². The first-order valence-corrected chi connectivity index (χ1v) is 7.19. The molecule has 0 atom stereocenters. The predicted octanol–water partition coefficient (Wildman–Crippen LogP) is 3.61. The van der Waals surface area contributed by atoms with E-state index in [9.17, 15) is 0 Å². The topological polar surface area (TPSA) is 34.0 Å². The third-order valence-electron chi connectivity index (χ3n) is 3.98. The van der Waals surface area contributed by atoms with Crippen molar-refractivity contribution in [2.45, 2.75) is 45.4 Å². The van der Waals surface area contributed by atoms with Crippen LogP contribution in [0.2, 0.25) is 0 Å². The Hall–Kier alpha value is -1.12. The van der Waals surface area contributed by atoms with Gasteiger partial charge in [0.1, 0.15) is 0 Å². The van der Waals surface area contributed by atoms with Crippen molar-refractivity contribution in [3.05, 3.63) is 12.0 Å². The molecule has 0 heterocycles. The number of hydrogen-bond donors (Lipinski definition) is 0. The first-order chi connectivity index (χ1) is 8.83. The van der Waals surface area contributed by atoms with E-state index in [0.29, 0.717) is 11.8 Å². The van der Waals surface area contributed by atoms with Gasteiger partial charge < -0.3 is 4.74 Å². The van der Waals surface area contributed by atoms with E-state index in [4.69, 9.17) is 4.74 Å². The highest BCUT2D eigenvalue weighted by atomic mass is 16.5. The van der Waals surface area contributed by atoms with Crippen molar-refractivity contribution in [2.75, 3.05) is 13.2 Å². The Morgan fingerprint density at radius 2 is 2.00 bits per heavy atom. The van der Waals surface area contributed by atoms with Crippen LogP contribution in [0, 0.1) is 11.8 Å². The summed E-state index contributed by atoms with van der Waals surface area (Å²) in [7, 11) is 0. The summed E-state index contributed by atoms with van der Waals surface area (Å²) < 4.78 is 5.74. The number of aliphatic imine (C=N–C) groups is 2. The average Bonchev–Trinajstić information content (AvgIpc) is 2.23. The molecule has 0 aliphatic heterocycles. The maximum Gasteiger partial charge on any atom is 0.214 e. The largest absolute Gasteiger partial charge is 0.477 e. The zero-order chi connectivity index (χ0) is 12.8. The fraction of sp³-hybridized carbons (Fsp3) is 0.733. The molecule has 0 aromatic carbocycles. The Labute approximate surface area is 110 Å². The fourth-order valence-corrected chi connectivity index (χ4v) is 2.30. The Morgan fingerprint density at radius 1 is 1.28 bits per heavy atom. The number of allylic oxidation sites excluding steroid dienone is 1. The highest BCUT2D eigenvalue weighted by molar-refractivity contribution is 5.97. The smallest absolute Gasteiger partial charge is 0.214 e. The molecule has 0 N–H and O–H groups in total. The van der Waals surface area contributed by atoms with Crippen molar-refractivity contribution in [1.82, 2.24) is 0 Å². The van der Waals surface area contributed by atoms with Crippen molar-refractivity contribution in [3.63, 3.8) is 0 Å². The van der Waals surface area contributed by atoms with Gasteiger partial charge in [-0.25, -0.2) is 4.99 Å². The lowest BCUT2D eigenvalue weighted by Gasteiger charge is -2.27. The highest BCUT2D eigenvalue weighted by Crippen LogP contribution is 2.30. The van der Waals surface area contributed by atoms with Crippen LogP contribution in [0.15, 0.2) is 21.9 Å². The number of ether oxygens (including phenoxy) is 1. The highest BCUT2D eigenvalue weighted by Gasteiger charge is 2.23. The van der Waals surface area contributed by atoms with Gasteiger partial charge in [0.2, 0.25) is 5.88 Å². The van der Waals surface area contributed by atoms with Gasteiger partial charge in [-0.3, -0.25) is 4.99 Å². The SMILES string of the molecule is C=N/C(=C\C(=N/CC)C1CCC1)OCC1CCC1. The summed E-state index contributed by atoms with van der Waals surface area (Å²) in [4.78, 5) is 8.56. The molecule has 0 bridgehead atoms. The van der Waals surface area contributed by atoms with Gasteiger partial charge in [-0.1, -0.05) is 12.8 Å². The first kappa shape index (κ1) is 13.3. The first-order valence-electron chi connectivity index (χ1n) is 7.19. The van der Waals surface area contributed by atoms with E-state index in [1.54, 1.807) is 0 Å². The van der Waals surface area contributed by atoms with E-state index in [1.807, 2.05) is 6.08 Å². The molecule has 2 saturated carbocycles. The molecule has 0 aromatic rings. The van der Waals surface area contributed by atoms with Crippen LogP contribution < -0.4 is 0 Å². The lowest BCUT2D eigenvalue weighted by atomic mass is 9.81. The molecule has 0 radical (unpaired) electrons. The van der Waals surface area contributed by atoms with Crippen molar-refractivity contribution >= 4 is 12.4 Å². The van der Waals surface area contributed by atoms with Gasteiger partial charge in [0.25, 0.3) is 0 Å². The third kappa shape index (κ3) is 3.44. The Morgan fingerprint density at radius 3 is 2.44 bits per heavy atom. The van der Waals surface area contributed by atoms with Gasteiger partial charge in [0, 0.05) is 24.3 Å². The second kappa shape index (κ2) is 6.72. The van der Waals surface area contributed by atoms with E-state index < -0.39 is 0 Å². The van der Waals surface area contributed by atoms with Gasteiger partial charge >= 0.3 is 0 Å². The summed E-state index contributed by atoms with van der Waals surface area (Å²) in [6, 6.07) is 0. The molecule has 0 amide bonds. The molecule has 2 fully saturated rings. The van der Waals surface area contributed by atoms with Crippen LogP contribution in [0.4, 0.5) is 0 Å². The molecule has 3 nitrogen and oxygen atoms in total. The van der Waals surface area contributed by atoms with Crippen LogP contribution in [0.5, 0.6) is 0 Å². The summed E-state index contributed by atoms with van der Waals surface area (Å²) in [6.45, 7) is 7.29. The molecule has 2 aliphatic rings. The van der Waals surface area contributed by atoms with Crippen LogP contribution >= 0.6 is 0 Å². The number of hydrogen-bond acceptors (Lipinski definition) is 3. The Kier molecular flexibility index (Phi) is 4.97. The quantitative estimate of drug-likeness (QED) is 0.500. The monoisotopic (exact) mass is 248 g/mol. The molecule has 2 aliphatic carbocycles. The molecular weight excluding hydrogens is 224 g/mol. The van der Waals surface area contributed by atoms with Gasteiger partial charge in [-0.15, -0.1) is 0 Å². The van der Waals surface area contributed by atoms with E-state index >= 15 is 0 Å². The van der Waals surface area contributed by atoms with Crippen LogP contribution in [0.1, 0.15) is 45.4 Å². The van der Waals surface area contributed by atoms with Crippen LogP contribution in [-0.4, -0.2) is 25.6 Å². The zero-order valence-corrected chi connectivity index (χ0v) is 11.4. The second-order valence-corrected chi connectivity index (χ2v) is 5.28. The minimum atomic E-state index is 0.619. The van der Waals surface area contributed by atoms with E-state index in [2.05, 4.69) is 23.6 Å². The molecule has 0 saturated heterocycles. The fourth-order valence-electron chi connectivity index (χ4n) is 2.30. The van der Waals surface area contributed by atoms with E-state index in [0.717, 1.165) is 24.8 Å². The Bertz CT molecular complexity index is 338. The maximum absolute atomic E-state index is 5.74. The zero-order valence-electron chi connectivity index (χ0n) is 11.4. The summed E-state index contributed by atoms with van der Waals surface area (Å²) >= 11 is 0.